The normalized spacial score (nSPS) is 1.60. The van der Waals surface area contributed by atoms with Crippen molar-refractivity contribution < 1.29 is 15.1 Å². The molecule has 0 atom stereocenters. The van der Waals surface area contributed by atoms with Crippen molar-refractivity contribution in [1.29, 1.82) is 0 Å². The van der Waals surface area contributed by atoms with E-state index in [9.17, 15) is 0 Å². The monoisotopic (exact) mass is 74.0 g/mol. The Morgan fingerprint density at radius 1 is 1.20 bits per heavy atom. The van der Waals surface area contributed by atoms with E-state index in [0.717, 1.165) is 0 Å². The maximum atomic E-state index is 8.12. The first kappa shape index (κ1) is 27.0. The molecule has 3 heteroatoms. The van der Waals surface area contributed by atoms with Crippen LogP contribution in [0.25, 0.3) is 0 Å². The van der Waals surface area contributed by atoms with Crippen molar-refractivity contribution in [2.45, 2.75) is 0 Å². The summed E-state index contributed by atoms with van der Waals surface area (Å²) in [4.78, 5) is 16.2. The number of rotatable bonds is 0. The first-order valence-electron chi connectivity index (χ1n) is 0.408. The van der Waals surface area contributed by atoms with E-state index in [1.54, 1.807) is 0 Å². The molecule has 0 rings (SSSR count). The Bertz CT molecular complexity index is 25.9. The number of hydrogen-bond donors (Lipinski definition) is 0. The molecule has 0 fully saturated rings. The molecule has 0 unspecified atom stereocenters. The molecule has 3 nitrogen and oxygen atoms in total. The van der Waals surface area contributed by atoms with E-state index >= 15 is 0 Å². The third-order valence-electron chi connectivity index (χ3n) is 0. The van der Waals surface area contributed by atoms with E-state index in [-0.39, 0.29) is 19.1 Å². The first-order chi connectivity index (χ1) is 1.41. The molecule has 0 bridgehead atoms. The highest BCUT2D eigenvalue weighted by Crippen LogP contribution is 0.787. The molecular weight excluding hydrogens is 72.0 g/mol. The second kappa shape index (κ2) is 158. The van der Waals surface area contributed by atoms with Crippen molar-refractivity contribution in [2.75, 3.05) is 0 Å². The minimum Gasteiger partial charge on any atom is -0.412 e. The number of hydrogen-bond acceptors (Lipinski definition) is 2. The third kappa shape index (κ3) is 13.8. The highest BCUT2D eigenvalue weighted by atomic mass is 16.2. The van der Waals surface area contributed by atoms with Gasteiger partial charge in [-0.15, -0.1) is 0 Å². The summed E-state index contributed by atoms with van der Waals surface area (Å²) in [7, 11) is 0. The lowest BCUT2D eigenvalue weighted by Crippen LogP contribution is -1.22. The van der Waals surface area contributed by atoms with Gasteiger partial charge in [0.1, 0.15) is 0 Å². The van der Waals surface area contributed by atoms with Gasteiger partial charge in [0.15, 0.2) is 0 Å². The summed E-state index contributed by atoms with van der Waals surface area (Å²) in [6.45, 7) is 0. The van der Waals surface area contributed by atoms with Crippen molar-refractivity contribution in [1.82, 2.24) is 0 Å². The second-order valence-corrected chi connectivity index (χ2v) is 0.0833. The quantitative estimate of drug-likeness (QED) is 0.357. The molecule has 5 heavy (non-hydrogen) atoms. The highest BCUT2D eigenvalue weighted by molar-refractivity contribution is 5.20. The van der Waals surface area contributed by atoms with E-state index in [1.807, 2.05) is 0 Å². The molecule has 0 aliphatic rings. The second-order valence-electron chi connectivity index (χ2n) is 0.0833. The van der Waals surface area contributed by atoms with Crippen molar-refractivity contribution in [3.05, 3.63) is 7.43 Å². The van der Waals surface area contributed by atoms with Gasteiger partial charge in [0.2, 0.25) is 0 Å². The first-order valence-corrected chi connectivity index (χ1v) is 0.408. The van der Waals surface area contributed by atoms with Crippen LogP contribution in [-0.4, -0.2) is 11.6 Å². The fourth-order valence-corrected chi connectivity index (χ4v) is 0. The van der Waals surface area contributed by atoms with Gasteiger partial charge >= 0.3 is 6.15 Å². The van der Waals surface area contributed by atoms with E-state index < -0.39 is 0 Å². The van der Waals surface area contributed by atoms with Gasteiger partial charge < -0.3 is 5.48 Å². The maximum Gasteiger partial charge on any atom is 0.373 e. The predicted octanol–water partition coefficient (Wildman–Crippen LogP) is -1.33. The van der Waals surface area contributed by atoms with E-state index in [1.165, 1.54) is 0 Å². The summed E-state index contributed by atoms with van der Waals surface area (Å²) in [6.07, 6.45) is 0.250. The molecule has 0 aromatic carbocycles. The van der Waals surface area contributed by atoms with Gasteiger partial charge in [-0.25, -0.2) is 0 Å². The van der Waals surface area contributed by atoms with Crippen LogP contribution in [0.1, 0.15) is 0 Å². The smallest absolute Gasteiger partial charge is 0.373 e. The van der Waals surface area contributed by atoms with Gasteiger partial charge in [-0.2, -0.15) is 9.59 Å². The lowest BCUT2D eigenvalue weighted by molar-refractivity contribution is -0.191. The minimum absolute atomic E-state index is 0. The third-order valence-corrected chi connectivity index (χ3v) is 0. The summed E-state index contributed by atoms with van der Waals surface area (Å²) in [6, 6.07) is 0. The van der Waals surface area contributed by atoms with Gasteiger partial charge in [-0.3, -0.25) is 0 Å². The van der Waals surface area contributed by atoms with Crippen LogP contribution in [0.5, 0.6) is 0 Å². The van der Waals surface area contributed by atoms with Crippen LogP contribution in [0.4, 0.5) is 0 Å². The summed E-state index contributed by atoms with van der Waals surface area (Å²) in [5.41, 5.74) is 0. The van der Waals surface area contributed by atoms with Gasteiger partial charge in [0.05, 0.1) is 0 Å². The summed E-state index contributed by atoms with van der Waals surface area (Å²) >= 11 is 0. The highest BCUT2D eigenvalue weighted by Gasteiger charge is 1.13. The van der Waals surface area contributed by atoms with Crippen molar-refractivity contribution >= 4 is 6.15 Å². The van der Waals surface area contributed by atoms with Crippen LogP contribution < -0.4 is 0 Å². The topological polar surface area (TPSA) is 65.6 Å². The standard InChI is InChI=1S/CO2.C.H2O/c2-1-3;;/h;;1H2. The van der Waals surface area contributed by atoms with Crippen LogP contribution in [0.15, 0.2) is 0 Å². The van der Waals surface area contributed by atoms with Gasteiger partial charge in [0.25, 0.3) is 0 Å². The largest absolute Gasteiger partial charge is 0.412 e. The molecular formula is C2H2O3. The summed E-state index contributed by atoms with van der Waals surface area (Å²) in [5, 5.41) is 0. The fraction of sp³-hybridized carbons (Fsp3) is 0. The Morgan fingerprint density at radius 3 is 1.20 bits per heavy atom. The average molecular weight is 74.0 g/mol. The predicted molar refractivity (Wildman–Crippen MR) is 11.9 cm³/mol. The molecule has 0 saturated heterocycles. The lowest BCUT2D eigenvalue weighted by atomic mass is 11.8. The molecule has 28 valence electrons. The van der Waals surface area contributed by atoms with Crippen LogP contribution in [0.3, 0.4) is 0 Å². The Labute approximate surface area is 29.9 Å². The zero-order valence-corrected chi connectivity index (χ0v) is 2.32. The van der Waals surface area contributed by atoms with Crippen molar-refractivity contribution in [3.8, 4) is 0 Å². The zero-order valence-electron chi connectivity index (χ0n) is 2.32. The molecule has 0 amide bonds. The Kier molecular flexibility index (Phi) is 853. The molecule has 0 heterocycles. The average Bonchev–Trinajstić information content (AvgIpc) is 0.918. The molecule has 0 aliphatic carbocycles. The molecule has 4 radical (unpaired) electrons. The number of carbonyl (C=O) groups excluding carboxylic acids is 2. The lowest BCUT2D eigenvalue weighted by Gasteiger charge is -0.945. The summed E-state index contributed by atoms with van der Waals surface area (Å²) < 4.78 is 0. The van der Waals surface area contributed by atoms with E-state index in [2.05, 4.69) is 0 Å². The molecule has 2 N–H and O–H groups in total. The fourth-order valence-electron chi connectivity index (χ4n) is 0. The Balaban J connectivity index is -0.0000000200. The zero-order chi connectivity index (χ0) is 2.71. The Morgan fingerprint density at radius 2 is 1.20 bits per heavy atom. The summed E-state index contributed by atoms with van der Waals surface area (Å²) in [5.74, 6) is 0. The molecule has 0 aliphatic heterocycles. The van der Waals surface area contributed by atoms with E-state index in [4.69, 9.17) is 9.59 Å². The maximum absolute atomic E-state index is 8.12. The molecule has 0 spiro atoms. The van der Waals surface area contributed by atoms with Gasteiger partial charge in [-0.05, 0) is 0 Å². The Hall–Kier alpha value is -0.660. The van der Waals surface area contributed by atoms with Crippen molar-refractivity contribution in [2.24, 2.45) is 0 Å². The molecule has 0 aromatic rings. The van der Waals surface area contributed by atoms with Crippen LogP contribution in [-0.2, 0) is 9.59 Å². The van der Waals surface area contributed by atoms with Crippen LogP contribution in [0, 0.1) is 7.43 Å². The van der Waals surface area contributed by atoms with Crippen LogP contribution >= 0.6 is 0 Å². The van der Waals surface area contributed by atoms with E-state index in [0.29, 0.717) is 0 Å². The molecule has 0 saturated carbocycles. The minimum atomic E-state index is 0. The van der Waals surface area contributed by atoms with Gasteiger partial charge in [-0.1, -0.05) is 0 Å². The van der Waals surface area contributed by atoms with Crippen LogP contribution in [0.2, 0.25) is 0 Å². The van der Waals surface area contributed by atoms with Gasteiger partial charge in [0, 0.05) is 7.43 Å². The van der Waals surface area contributed by atoms with Crippen molar-refractivity contribution in [3.63, 3.8) is 0 Å². The molecule has 0 aromatic heterocycles. The SMILES string of the molecule is O.O=C=O.[C].